The normalized spacial score (nSPS) is 14.5. The van der Waals surface area contributed by atoms with Gasteiger partial charge in [0.2, 0.25) is 5.91 Å². The Hall–Kier alpha value is -3.80. The van der Waals surface area contributed by atoms with Gasteiger partial charge in [0.25, 0.3) is 5.91 Å². The summed E-state index contributed by atoms with van der Waals surface area (Å²) >= 11 is 0. The van der Waals surface area contributed by atoms with Crippen LogP contribution in [0.2, 0.25) is 0 Å². The van der Waals surface area contributed by atoms with Crippen LogP contribution in [0.3, 0.4) is 0 Å². The van der Waals surface area contributed by atoms with E-state index in [1.807, 2.05) is 36.4 Å². The molecule has 2 N–H and O–H groups in total. The lowest BCUT2D eigenvalue weighted by atomic mass is 9.95. The third kappa shape index (κ3) is 5.92. The van der Waals surface area contributed by atoms with Crippen molar-refractivity contribution in [3.05, 3.63) is 89.5 Å². The third-order valence-electron chi connectivity index (χ3n) is 5.73. The smallest absolute Gasteiger partial charge is 0.255 e. The van der Waals surface area contributed by atoms with Crippen LogP contribution in [0.15, 0.2) is 72.8 Å². The molecule has 0 fully saturated rings. The maximum atomic E-state index is 12.6. The fourth-order valence-electron chi connectivity index (χ4n) is 3.88. The lowest BCUT2D eigenvalue weighted by molar-refractivity contribution is -0.126. The summed E-state index contributed by atoms with van der Waals surface area (Å²) < 4.78 is 10.9. The molecule has 170 valence electrons. The number of benzene rings is 3. The summed E-state index contributed by atoms with van der Waals surface area (Å²) in [6, 6.07) is 22.7. The van der Waals surface area contributed by atoms with Gasteiger partial charge in [0.1, 0.15) is 18.1 Å². The van der Waals surface area contributed by atoms with E-state index >= 15 is 0 Å². The van der Waals surface area contributed by atoms with Gasteiger partial charge in [0.05, 0.1) is 13.0 Å². The van der Waals surface area contributed by atoms with Crippen molar-refractivity contribution in [2.45, 2.75) is 19.3 Å². The van der Waals surface area contributed by atoms with E-state index in [0.717, 1.165) is 24.2 Å². The number of hydrogen-bond acceptors (Lipinski definition) is 4. The standard InChI is InChI=1S/C27H28N2O4/c1-32-24-12-9-20(10-13-24)27(31)29-23-11-14-25-21(17-23)16-22(18-33-25)26(30)28-15-5-8-19-6-3-2-4-7-19/h2-4,6-7,9-14,17,22H,5,8,15-16,18H2,1H3,(H,28,30)(H,29,31). The zero-order valence-corrected chi connectivity index (χ0v) is 18.7. The molecule has 0 saturated carbocycles. The van der Waals surface area contributed by atoms with Crippen LogP contribution in [0.1, 0.15) is 27.9 Å². The molecule has 33 heavy (non-hydrogen) atoms. The summed E-state index contributed by atoms with van der Waals surface area (Å²) in [5, 5.41) is 5.94. The van der Waals surface area contributed by atoms with Crippen molar-refractivity contribution in [1.82, 2.24) is 5.32 Å². The summed E-state index contributed by atoms with van der Waals surface area (Å²) in [6.45, 7) is 0.990. The first-order valence-electron chi connectivity index (χ1n) is 11.1. The first kappa shape index (κ1) is 22.4. The van der Waals surface area contributed by atoms with Crippen LogP contribution >= 0.6 is 0 Å². The highest BCUT2D eigenvalue weighted by molar-refractivity contribution is 6.04. The monoisotopic (exact) mass is 444 g/mol. The van der Waals surface area contributed by atoms with E-state index in [9.17, 15) is 9.59 Å². The summed E-state index contributed by atoms with van der Waals surface area (Å²) in [7, 11) is 1.59. The molecule has 3 aromatic rings. The predicted octanol–water partition coefficient (Wildman–Crippen LogP) is 4.25. The topological polar surface area (TPSA) is 76.7 Å². The molecular weight excluding hydrogens is 416 g/mol. The second kappa shape index (κ2) is 10.7. The molecule has 6 nitrogen and oxygen atoms in total. The SMILES string of the molecule is COc1ccc(C(=O)Nc2ccc3c(c2)CC(C(=O)NCCCc2ccccc2)CO3)cc1. The third-order valence-corrected chi connectivity index (χ3v) is 5.73. The van der Waals surface area contributed by atoms with Crippen molar-refractivity contribution in [1.29, 1.82) is 0 Å². The van der Waals surface area contributed by atoms with Crippen LogP contribution < -0.4 is 20.1 Å². The van der Waals surface area contributed by atoms with Gasteiger partial charge in [-0.3, -0.25) is 9.59 Å². The van der Waals surface area contributed by atoms with E-state index in [-0.39, 0.29) is 17.7 Å². The maximum Gasteiger partial charge on any atom is 0.255 e. The Bertz CT molecular complexity index is 1100. The molecule has 1 unspecified atom stereocenters. The number of methoxy groups -OCH3 is 1. The van der Waals surface area contributed by atoms with Gasteiger partial charge in [-0.25, -0.2) is 0 Å². The fourth-order valence-corrected chi connectivity index (χ4v) is 3.88. The molecule has 3 aromatic carbocycles. The lowest BCUT2D eigenvalue weighted by Crippen LogP contribution is -2.37. The van der Waals surface area contributed by atoms with E-state index in [1.54, 1.807) is 31.4 Å². The van der Waals surface area contributed by atoms with E-state index in [2.05, 4.69) is 22.8 Å². The average Bonchev–Trinajstić information content (AvgIpc) is 2.86. The molecule has 0 bridgehead atoms. The predicted molar refractivity (Wildman–Crippen MR) is 128 cm³/mol. The average molecular weight is 445 g/mol. The van der Waals surface area contributed by atoms with Crippen LogP contribution in [0.25, 0.3) is 0 Å². The Morgan fingerprint density at radius 3 is 2.58 bits per heavy atom. The number of hydrogen-bond donors (Lipinski definition) is 2. The summed E-state index contributed by atoms with van der Waals surface area (Å²) in [5.74, 6) is 0.998. The maximum absolute atomic E-state index is 12.6. The van der Waals surface area contributed by atoms with Crippen molar-refractivity contribution in [3.63, 3.8) is 0 Å². The first-order chi connectivity index (χ1) is 16.1. The molecular formula is C27H28N2O4. The van der Waals surface area contributed by atoms with Crippen LogP contribution in [-0.4, -0.2) is 32.1 Å². The van der Waals surface area contributed by atoms with Gasteiger partial charge in [-0.15, -0.1) is 0 Å². The fraction of sp³-hybridized carbons (Fsp3) is 0.259. The minimum atomic E-state index is -0.248. The Morgan fingerprint density at radius 1 is 1.03 bits per heavy atom. The second-order valence-corrected chi connectivity index (χ2v) is 8.10. The number of rotatable bonds is 8. The largest absolute Gasteiger partial charge is 0.497 e. The van der Waals surface area contributed by atoms with Gasteiger partial charge in [0.15, 0.2) is 0 Å². The van der Waals surface area contributed by atoms with Gasteiger partial charge >= 0.3 is 0 Å². The van der Waals surface area contributed by atoms with Crippen LogP contribution in [0.5, 0.6) is 11.5 Å². The Morgan fingerprint density at radius 2 is 1.82 bits per heavy atom. The summed E-state index contributed by atoms with van der Waals surface area (Å²) in [4.78, 5) is 25.2. The van der Waals surface area contributed by atoms with Gasteiger partial charge in [-0.05, 0) is 72.9 Å². The number of aryl methyl sites for hydroxylation is 1. The Kier molecular flexibility index (Phi) is 7.25. The molecule has 1 atom stereocenters. The summed E-state index contributed by atoms with van der Waals surface area (Å²) in [5.41, 5.74) is 3.39. The van der Waals surface area contributed by atoms with E-state index < -0.39 is 0 Å². The van der Waals surface area contributed by atoms with Gasteiger partial charge < -0.3 is 20.1 Å². The van der Waals surface area contributed by atoms with Crippen LogP contribution in [0.4, 0.5) is 5.69 Å². The highest BCUT2D eigenvalue weighted by Crippen LogP contribution is 2.30. The molecule has 0 aliphatic carbocycles. The number of carbonyl (C=O) groups excluding carboxylic acids is 2. The molecule has 0 spiro atoms. The lowest BCUT2D eigenvalue weighted by Gasteiger charge is -2.25. The van der Waals surface area contributed by atoms with Gasteiger partial charge in [-0.2, -0.15) is 0 Å². The van der Waals surface area contributed by atoms with Crippen molar-refractivity contribution in [2.24, 2.45) is 5.92 Å². The molecule has 4 rings (SSSR count). The number of amides is 2. The number of anilines is 1. The minimum Gasteiger partial charge on any atom is -0.497 e. The van der Waals surface area contributed by atoms with Crippen LogP contribution in [0, 0.1) is 5.92 Å². The Labute approximate surface area is 193 Å². The molecule has 0 radical (unpaired) electrons. The molecule has 1 aliphatic heterocycles. The van der Waals surface area contributed by atoms with Crippen LogP contribution in [-0.2, 0) is 17.6 Å². The Balaban J connectivity index is 1.30. The van der Waals surface area contributed by atoms with Gasteiger partial charge in [0, 0.05) is 17.8 Å². The highest BCUT2D eigenvalue weighted by Gasteiger charge is 2.26. The molecule has 1 heterocycles. The highest BCUT2D eigenvalue weighted by atomic mass is 16.5. The minimum absolute atomic E-state index is 0.00128. The molecule has 1 aliphatic rings. The number of nitrogens with one attached hydrogen (secondary N) is 2. The zero-order chi connectivity index (χ0) is 23.0. The number of carbonyl (C=O) groups is 2. The number of fused-ring (bicyclic) bond motifs is 1. The molecule has 0 saturated heterocycles. The van der Waals surface area contributed by atoms with E-state index in [1.165, 1.54) is 5.56 Å². The first-order valence-corrected chi connectivity index (χ1v) is 11.1. The van der Waals surface area contributed by atoms with E-state index in [4.69, 9.17) is 9.47 Å². The van der Waals surface area contributed by atoms with E-state index in [0.29, 0.717) is 36.6 Å². The van der Waals surface area contributed by atoms with Crippen molar-refractivity contribution in [3.8, 4) is 11.5 Å². The van der Waals surface area contributed by atoms with Crippen molar-refractivity contribution < 1.29 is 19.1 Å². The van der Waals surface area contributed by atoms with Crippen molar-refractivity contribution in [2.75, 3.05) is 25.6 Å². The summed E-state index contributed by atoms with van der Waals surface area (Å²) in [6.07, 6.45) is 2.40. The van der Waals surface area contributed by atoms with Crippen molar-refractivity contribution >= 4 is 17.5 Å². The molecule has 6 heteroatoms. The molecule has 0 aromatic heterocycles. The van der Waals surface area contributed by atoms with Gasteiger partial charge in [-0.1, -0.05) is 30.3 Å². The number of ether oxygens (including phenoxy) is 2. The zero-order valence-electron chi connectivity index (χ0n) is 18.7. The molecule has 2 amide bonds. The quantitative estimate of drug-likeness (QED) is 0.510. The second-order valence-electron chi connectivity index (χ2n) is 8.10.